The van der Waals surface area contributed by atoms with Gasteiger partial charge in [0.25, 0.3) is 0 Å². The number of aliphatic imine (C=N–C) groups is 3. The summed E-state index contributed by atoms with van der Waals surface area (Å²) in [6.07, 6.45) is 5.04. The van der Waals surface area contributed by atoms with E-state index in [0.717, 1.165) is 0 Å². The molecule has 0 fully saturated rings. The molecule has 0 spiro atoms. The summed E-state index contributed by atoms with van der Waals surface area (Å²) < 4.78 is 0. The van der Waals surface area contributed by atoms with Crippen LogP contribution >= 0.6 is 0 Å². The third kappa shape index (κ3) is 9.82. The van der Waals surface area contributed by atoms with Gasteiger partial charge in [-0.25, -0.2) is 0 Å². The number of nitrogens with zero attached hydrogens (tertiary/aromatic N) is 4. The van der Waals surface area contributed by atoms with Gasteiger partial charge in [0.1, 0.15) is 17.2 Å². The Balaban J connectivity index is 0.00000432. The number of para-hydroxylation sites is 3. The fourth-order valence-electron chi connectivity index (χ4n) is 3.21. The van der Waals surface area contributed by atoms with E-state index < -0.39 is 0 Å². The van der Waals surface area contributed by atoms with Gasteiger partial charge in [-0.05, 0) is 36.4 Å². The molecule has 0 unspecified atom stereocenters. The SMILES string of the molecule is Oc1ccccc1C=NCCN(CCN=Cc1ccccc1O)CCN=Cc1ccccc1O.[99Tc]. The number of phenolic OH excluding ortho intramolecular Hbond substituents is 3. The number of benzene rings is 3. The van der Waals surface area contributed by atoms with Crippen molar-refractivity contribution >= 4 is 18.6 Å². The zero-order valence-corrected chi connectivity index (χ0v) is 21.3. The molecule has 7 nitrogen and oxygen atoms in total. The smallest absolute Gasteiger partial charge is 0.124 e. The molecule has 3 N–H and O–H groups in total. The normalized spacial score (nSPS) is 11.6. The minimum atomic E-state index is 0. The predicted molar refractivity (Wildman–Crippen MR) is 138 cm³/mol. The Morgan fingerprint density at radius 3 is 1.09 bits per heavy atom. The van der Waals surface area contributed by atoms with Crippen molar-refractivity contribution in [1.29, 1.82) is 0 Å². The van der Waals surface area contributed by atoms with Crippen molar-refractivity contribution in [2.24, 2.45) is 15.0 Å². The van der Waals surface area contributed by atoms with Gasteiger partial charge in [-0.2, -0.15) is 0 Å². The summed E-state index contributed by atoms with van der Waals surface area (Å²) >= 11 is 0. The summed E-state index contributed by atoms with van der Waals surface area (Å²) in [5.41, 5.74) is 2.07. The first-order valence-corrected chi connectivity index (χ1v) is 11.2. The summed E-state index contributed by atoms with van der Waals surface area (Å²) in [5.74, 6) is 0.625. The Morgan fingerprint density at radius 2 is 0.800 bits per heavy atom. The molecule has 0 bridgehead atoms. The Labute approximate surface area is 219 Å². The summed E-state index contributed by atoms with van der Waals surface area (Å²) in [5, 5.41) is 29.6. The van der Waals surface area contributed by atoms with Crippen LogP contribution < -0.4 is 0 Å². The van der Waals surface area contributed by atoms with Crippen LogP contribution in [0.15, 0.2) is 87.8 Å². The van der Waals surface area contributed by atoms with Crippen molar-refractivity contribution in [2.45, 2.75) is 0 Å². The Morgan fingerprint density at radius 1 is 0.514 bits per heavy atom. The van der Waals surface area contributed by atoms with E-state index in [4.69, 9.17) is 0 Å². The molecule has 3 aromatic rings. The average molecular weight is 557 g/mol. The van der Waals surface area contributed by atoms with Crippen LogP contribution in [0.25, 0.3) is 0 Å². The van der Waals surface area contributed by atoms with Gasteiger partial charge in [0.15, 0.2) is 0 Å². The quantitative estimate of drug-likeness (QED) is 0.295. The van der Waals surface area contributed by atoms with E-state index in [2.05, 4.69) is 19.9 Å². The minimum Gasteiger partial charge on any atom is -0.507 e. The van der Waals surface area contributed by atoms with Crippen LogP contribution in [0, 0.1) is 0 Å². The molecular weight excluding hydrogens is 527 g/mol. The van der Waals surface area contributed by atoms with Gasteiger partial charge in [0.05, 0.1) is 19.6 Å². The van der Waals surface area contributed by atoms with Crippen LogP contribution in [-0.4, -0.2) is 78.1 Å². The molecule has 0 saturated carbocycles. The minimum absolute atomic E-state index is 0. The van der Waals surface area contributed by atoms with Gasteiger partial charge in [0.2, 0.25) is 0 Å². The molecule has 8 heteroatoms. The van der Waals surface area contributed by atoms with Crippen molar-refractivity contribution in [3.8, 4) is 17.2 Å². The summed E-state index contributed by atoms with van der Waals surface area (Å²) in [6.45, 7) is 3.84. The van der Waals surface area contributed by atoms with E-state index in [1.54, 1.807) is 55.0 Å². The van der Waals surface area contributed by atoms with Crippen LogP contribution in [0.4, 0.5) is 0 Å². The molecule has 0 aromatic heterocycles. The van der Waals surface area contributed by atoms with E-state index in [1.807, 2.05) is 36.4 Å². The van der Waals surface area contributed by atoms with Crippen molar-refractivity contribution in [1.82, 2.24) is 4.90 Å². The molecule has 1 radical (unpaired) electrons. The van der Waals surface area contributed by atoms with E-state index in [0.29, 0.717) is 56.0 Å². The number of rotatable bonds is 12. The number of aromatic hydroxyl groups is 3. The first-order chi connectivity index (χ1) is 16.6. The number of hydrogen-bond donors (Lipinski definition) is 3. The van der Waals surface area contributed by atoms with E-state index >= 15 is 0 Å². The molecule has 0 aliphatic heterocycles. The topological polar surface area (TPSA) is 101 Å². The van der Waals surface area contributed by atoms with Gasteiger partial charge < -0.3 is 15.3 Å². The maximum atomic E-state index is 9.86. The summed E-state index contributed by atoms with van der Waals surface area (Å²) in [6, 6.07) is 21.3. The number of phenols is 3. The molecule has 0 aliphatic carbocycles. The monoisotopic (exact) mass is 557 g/mol. The molecule has 0 saturated heterocycles. The molecule has 0 atom stereocenters. The van der Waals surface area contributed by atoms with E-state index in [9.17, 15) is 15.3 Å². The largest absolute Gasteiger partial charge is 0.507 e. The fraction of sp³-hybridized carbons (Fsp3) is 0.222. The molecule has 183 valence electrons. The molecule has 0 aliphatic rings. The van der Waals surface area contributed by atoms with Crippen molar-refractivity contribution in [3.63, 3.8) is 0 Å². The predicted octanol–water partition coefficient (Wildman–Crippen LogP) is 3.76. The second-order valence-corrected chi connectivity index (χ2v) is 7.62. The second-order valence-electron chi connectivity index (χ2n) is 7.62. The van der Waals surface area contributed by atoms with Crippen LogP contribution in [0.3, 0.4) is 0 Å². The third-order valence-corrected chi connectivity index (χ3v) is 5.14. The summed E-state index contributed by atoms with van der Waals surface area (Å²) in [4.78, 5) is 15.6. The summed E-state index contributed by atoms with van der Waals surface area (Å²) in [7, 11) is 0. The van der Waals surface area contributed by atoms with Crippen LogP contribution in [0.2, 0.25) is 0 Å². The molecule has 0 heterocycles. The zero-order valence-electron chi connectivity index (χ0n) is 19.4. The van der Waals surface area contributed by atoms with Crippen molar-refractivity contribution in [2.75, 3.05) is 39.3 Å². The first-order valence-electron chi connectivity index (χ1n) is 11.2. The maximum absolute atomic E-state index is 9.86. The molecule has 3 aromatic carbocycles. The second kappa shape index (κ2) is 15.6. The van der Waals surface area contributed by atoms with Gasteiger partial charge in [-0.15, -0.1) is 0 Å². The molecule has 35 heavy (non-hydrogen) atoms. The van der Waals surface area contributed by atoms with Crippen LogP contribution in [0.5, 0.6) is 17.2 Å². The standard InChI is InChI=1S/C27H30N4O3.Tc/c32-25-10-4-1-7-22(25)19-28-13-16-31(17-14-29-20-23-8-2-5-11-26(23)33)18-15-30-21-24-9-3-6-12-27(24)34;/h1-12,19-21,32-34H,13-18H2;/i;1+1. The van der Waals surface area contributed by atoms with Crippen molar-refractivity contribution < 1.29 is 35.4 Å². The fourth-order valence-corrected chi connectivity index (χ4v) is 3.21. The van der Waals surface area contributed by atoms with Crippen LogP contribution in [0.1, 0.15) is 16.7 Å². The van der Waals surface area contributed by atoms with Gasteiger partial charge in [0, 0.05) is 75.1 Å². The van der Waals surface area contributed by atoms with Gasteiger partial charge >= 0.3 is 0 Å². The Kier molecular flexibility index (Phi) is 12.4. The van der Waals surface area contributed by atoms with Gasteiger partial charge in [-0.1, -0.05) is 36.4 Å². The van der Waals surface area contributed by atoms with Crippen molar-refractivity contribution in [3.05, 3.63) is 89.5 Å². The first kappa shape index (κ1) is 27.9. The van der Waals surface area contributed by atoms with E-state index in [1.165, 1.54) is 0 Å². The van der Waals surface area contributed by atoms with Gasteiger partial charge in [-0.3, -0.25) is 19.9 Å². The third-order valence-electron chi connectivity index (χ3n) is 5.14. The average Bonchev–Trinajstić information content (AvgIpc) is 2.84. The Bertz CT molecular complexity index is 993. The maximum Gasteiger partial charge on any atom is 0.124 e. The molecular formula is C27H30N4O3Tc. The molecule has 3 rings (SSSR count). The Hall–Kier alpha value is -3.32. The van der Waals surface area contributed by atoms with Crippen LogP contribution in [-0.2, 0) is 20.1 Å². The van der Waals surface area contributed by atoms with E-state index in [-0.39, 0.29) is 37.4 Å². The molecule has 0 amide bonds. The zero-order chi connectivity index (χ0) is 24.0. The number of hydrogen-bond acceptors (Lipinski definition) is 7.